The monoisotopic (exact) mass is 485 g/mol. The van der Waals surface area contributed by atoms with Crippen LogP contribution in [0.1, 0.15) is 49.8 Å². The predicted octanol–water partition coefficient (Wildman–Crippen LogP) is 2.85. The Hall–Kier alpha value is -1.38. The summed E-state index contributed by atoms with van der Waals surface area (Å²) in [6.07, 6.45) is 8.62. The van der Waals surface area contributed by atoms with Gasteiger partial charge in [-0.05, 0) is 37.8 Å². The molecular weight excluding hydrogens is 453 g/mol. The van der Waals surface area contributed by atoms with Crippen molar-refractivity contribution >= 4 is 35.8 Å². The Kier molecular flexibility index (Phi) is 8.79. The molecule has 7 heteroatoms. The molecule has 150 valence electrons. The van der Waals surface area contributed by atoms with E-state index in [1.807, 2.05) is 17.2 Å². The number of carbonyl (C=O) groups is 1. The van der Waals surface area contributed by atoms with Gasteiger partial charge in [0.1, 0.15) is 0 Å². The van der Waals surface area contributed by atoms with Gasteiger partial charge >= 0.3 is 0 Å². The molecule has 3 rings (SSSR count). The maximum absolute atomic E-state index is 12.7. The molecule has 1 atom stereocenters. The van der Waals surface area contributed by atoms with E-state index in [4.69, 9.17) is 0 Å². The Morgan fingerprint density at radius 1 is 1.30 bits per heavy atom. The van der Waals surface area contributed by atoms with E-state index >= 15 is 0 Å². The van der Waals surface area contributed by atoms with Crippen LogP contribution >= 0.6 is 24.0 Å². The van der Waals surface area contributed by atoms with E-state index in [0.717, 1.165) is 44.0 Å². The normalized spacial score (nSPS) is 20.9. The maximum Gasteiger partial charge on any atom is 0.225 e. The predicted molar refractivity (Wildman–Crippen MR) is 119 cm³/mol. The average molecular weight is 485 g/mol. The number of amides is 1. The number of rotatable bonds is 4. The molecule has 0 spiro atoms. The van der Waals surface area contributed by atoms with Crippen LogP contribution in [0.5, 0.6) is 0 Å². The maximum atomic E-state index is 12.7. The van der Waals surface area contributed by atoms with E-state index in [9.17, 15) is 4.79 Å². The first-order valence-electron chi connectivity index (χ1n) is 9.84. The number of hydrogen-bond donors (Lipinski definition) is 2. The number of aliphatic imine (C=N–C) groups is 1. The Morgan fingerprint density at radius 2 is 2.07 bits per heavy atom. The quantitative estimate of drug-likeness (QED) is 0.391. The Balaban J connectivity index is 0.00000261. The Labute approximate surface area is 179 Å². The fourth-order valence-electron chi connectivity index (χ4n) is 3.94. The summed E-state index contributed by atoms with van der Waals surface area (Å²) in [5.41, 5.74) is 2.19. The van der Waals surface area contributed by atoms with E-state index in [2.05, 4.69) is 33.6 Å². The van der Waals surface area contributed by atoms with Crippen molar-refractivity contribution in [2.75, 3.05) is 20.1 Å². The SMILES string of the molecule is CN=C(NCc1ncccc1C)NC1CCN(C(=O)C2CCCCC2)C1.I. The van der Waals surface area contributed by atoms with Crippen LogP contribution < -0.4 is 10.6 Å². The fourth-order valence-corrected chi connectivity index (χ4v) is 3.94. The summed E-state index contributed by atoms with van der Waals surface area (Å²) in [5, 5.41) is 6.79. The minimum Gasteiger partial charge on any atom is -0.352 e. The van der Waals surface area contributed by atoms with Crippen LogP contribution in [0.4, 0.5) is 0 Å². The highest BCUT2D eigenvalue weighted by Gasteiger charge is 2.31. The van der Waals surface area contributed by atoms with Crippen molar-refractivity contribution in [2.45, 2.75) is 58.0 Å². The van der Waals surface area contributed by atoms with Crippen LogP contribution in [-0.2, 0) is 11.3 Å². The lowest BCUT2D eigenvalue weighted by Crippen LogP contribution is -2.45. The number of likely N-dealkylation sites (tertiary alicyclic amines) is 1. The Bertz CT molecular complexity index is 645. The molecule has 2 fully saturated rings. The number of aryl methyl sites for hydroxylation is 1. The zero-order valence-corrected chi connectivity index (χ0v) is 18.7. The van der Waals surface area contributed by atoms with Gasteiger partial charge in [-0.3, -0.25) is 14.8 Å². The van der Waals surface area contributed by atoms with Crippen LogP contribution in [0.2, 0.25) is 0 Å². The largest absolute Gasteiger partial charge is 0.352 e. The highest BCUT2D eigenvalue weighted by molar-refractivity contribution is 14.0. The van der Waals surface area contributed by atoms with Crippen molar-refractivity contribution in [1.29, 1.82) is 0 Å². The summed E-state index contributed by atoms with van der Waals surface area (Å²) in [7, 11) is 1.78. The van der Waals surface area contributed by atoms with Gasteiger partial charge in [-0.2, -0.15) is 0 Å². The van der Waals surface area contributed by atoms with Crippen molar-refractivity contribution in [3.63, 3.8) is 0 Å². The summed E-state index contributed by atoms with van der Waals surface area (Å²) in [5.74, 6) is 1.39. The summed E-state index contributed by atoms with van der Waals surface area (Å²) in [4.78, 5) is 23.5. The molecule has 1 aliphatic carbocycles. The second kappa shape index (κ2) is 10.8. The standard InChI is InChI=1S/C20H31N5O.HI/c1-15-7-6-11-22-18(15)13-23-20(21-2)24-17-10-12-25(14-17)19(26)16-8-4-3-5-9-16;/h6-7,11,16-17H,3-5,8-10,12-14H2,1-2H3,(H2,21,23,24);1H. The van der Waals surface area contributed by atoms with Crippen LogP contribution in [-0.4, -0.2) is 47.9 Å². The summed E-state index contributed by atoms with van der Waals surface area (Å²) < 4.78 is 0. The van der Waals surface area contributed by atoms with Gasteiger partial charge < -0.3 is 15.5 Å². The van der Waals surface area contributed by atoms with E-state index in [1.54, 1.807) is 7.05 Å². The average Bonchev–Trinajstić information content (AvgIpc) is 3.15. The topological polar surface area (TPSA) is 69.6 Å². The third-order valence-corrected chi connectivity index (χ3v) is 5.56. The number of halogens is 1. The van der Waals surface area contributed by atoms with Crippen molar-refractivity contribution in [2.24, 2.45) is 10.9 Å². The number of guanidine groups is 1. The van der Waals surface area contributed by atoms with Crippen LogP contribution in [0, 0.1) is 12.8 Å². The van der Waals surface area contributed by atoms with Gasteiger partial charge in [-0.1, -0.05) is 25.3 Å². The Morgan fingerprint density at radius 3 is 2.78 bits per heavy atom. The summed E-state index contributed by atoms with van der Waals surface area (Å²) in [6, 6.07) is 4.27. The minimum atomic E-state index is 0. The highest BCUT2D eigenvalue weighted by atomic mass is 127. The first-order chi connectivity index (χ1) is 12.7. The fraction of sp³-hybridized carbons (Fsp3) is 0.650. The van der Waals surface area contributed by atoms with E-state index < -0.39 is 0 Å². The third-order valence-electron chi connectivity index (χ3n) is 5.56. The molecule has 27 heavy (non-hydrogen) atoms. The second-order valence-corrected chi connectivity index (χ2v) is 7.44. The number of hydrogen-bond acceptors (Lipinski definition) is 3. The lowest BCUT2D eigenvalue weighted by molar-refractivity contribution is -0.135. The molecule has 2 aliphatic rings. The molecule has 1 aromatic rings. The van der Waals surface area contributed by atoms with Crippen molar-refractivity contribution in [1.82, 2.24) is 20.5 Å². The van der Waals surface area contributed by atoms with E-state index in [1.165, 1.54) is 24.8 Å². The molecule has 1 saturated carbocycles. The van der Waals surface area contributed by atoms with Crippen molar-refractivity contribution in [3.05, 3.63) is 29.6 Å². The molecule has 2 N–H and O–H groups in total. The molecule has 0 bridgehead atoms. The summed E-state index contributed by atoms with van der Waals surface area (Å²) >= 11 is 0. The second-order valence-electron chi connectivity index (χ2n) is 7.44. The smallest absolute Gasteiger partial charge is 0.225 e. The zero-order chi connectivity index (χ0) is 18.4. The summed E-state index contributed by atoms with van der Waals surface area (Å²) in [6.45, 7) is 4.33. The molecule has 0 radical (unpaired) electrons. The van der Waals surface area contributed by atoms with Gasteiger partial charge in [-0.25, -0.2) is 0 Å². The lowest BCUT2D eigenvalue weighted by Gasteiger charge is -2.26. The molecular formula is C20H32IN5O. The molecule has 0 aromatic carbocycles. The van der Waals surface area contributed by atoms with Crippen molar-refractivity contribution in [3.8, 4) is 0 Å². The molecule has 2 heterocycles. The van der Waals surface area contributed by atoms with Crippen LogP contribution in [0.25, 0.3) is 0 Å². The van der Waals surface area contributed by atoms with Crippen LogP contribution in [0.15, 0.2) is 23.3 Å². The van der Waals surface area contributed by atoms with Gasteiger partial charge in [0.25, 0.3) is 0 Å². The van der Waals surface area contributed by atoms with Gasteiger partial charge in [0.2, 0.25) is 5.91 Å². The lowest BCUT2D eigenvalue weighted by atomic mass is 9.88. The zero-order valence-electron chi connectivity index (χ0n) is 16.4. The number of nitrogens with zero attached hydrogens (tertiary/aromatic N) is 3. The van der Waals surface area contributed by atoms with E-state index in [-0.39, 0.29) is 35.9 Å². The number of aromatic nitrogens is 1. The molecule has 1 aliphatic heterocycles. The number of pyridine rings is 1. The third kappa shape index (κ3) is 6.05. The van der Waals surface area contributed by atoms with Gasteiger partial charge in [0.05, 0.1) is 12.2 Å². The first-order valence-corrected chi connectivity index (χ1v) is 9.84. The van der Waals surface area contributed by atoms with Crippen molar-refractivity contribution < 1.29 is 4.79 Å². The molecule has 6 nitrogen and oxygen atoms in total. The van der Waals surface area contributed by atoms with Gasteiger partial charge in [-0.15, -0.1) is 24.0 Å². The molecule has 1 amide bonds. The number of carbonyl (C=O) groups excluding carboxylic acids is 1. The van der Waals surface area contributed by atoms with Gasteiger partial charge in [0, 0.05) is 38.3 Å². The first kappa shape index (κ1) is 21.9. The minimum absolute atomic E-state index is 0. The van der Waals surface area contributed by atoms with Crippen LogP contribution in [0.3, 0.4) is 0 Å². The molecule has 1 aromatic heterocycles. The van der Waals surface area contributed by atoms with E-state index in [0.29, 0.717) is 12.5 Å². The molecule has 1 unspecified atom stereocenters. The van der Waals surface area contributed by atoms with Gasteiger partial charge in [0.15, 0.2) is 5.96 Å². The number of nitrogens with one attached hydrogen (secondary N) is 2. The molecule has 1 saturated heterocycles. The highest BCUT2D eigenvalue weighted by Crippen LogP contribution is 2.26.